The van der Waals surface area contributed by atoms with E-state index in [-0.39, 0.29) is 5.54 Å². The zero-order chi connectivity index (χ0) is 10.8. The molecule has 0 fully saturated rings. The maximum Gasteiger partial charge on any atom is 0.0233 e. The van der Waals surface area contributed by atoms with Crippen LogP contribution in [0.25, 0.3) is 0 Å². The first-order valence-electron chi connectivity index (χ1n) is 4.88. The highest BCUT2D eigenvalue weighted by Gasteiger charge is 2.17. The Hall–Kier alpha value is -0.470. The lowest BCUT2D eigenvalue weighted by molar-refractivity contribution is 0.319. The fraction of sp³-hybridized carbons (Fsp3) is 0.500. The Morgan fingerprint density at radius 3 is 2.36 bits per heavy atom. The van der Waals surface area contributed by atoms with E-state index in [1.54, 1.807) is 11.9 Å². The molecule has 0 unspecified atom stereocenters. The minimum Gasteiger partial charge on any atom is -0.244 e. The molecular formula is C12H19NS. The first-order chi connectivity index (χ1) is 6.39. The third-order valence-electron chi connectivity index (χ3n) is 2.18. The van der Waals surface area contributed by atoms with E-state index in [1.807, 2.05) is 0 Å². The first-order valence-corrected chi connectivity index (χ1v) is 5.65. The minimum atomic E-state index is 0.203. The smallest absolute Gasteiger partial charge is 0.0233 e. The normalized spacial score (nSPS) is 12.1. The molecule has 1 aromatic rings. The van der Waals surface area contributed by atoms with E-state index in [0.717, 1.165) is 0 Å². The summed E-state index contributed by atoms with van der Waals surface area (Å²) in [5.41, 5.74) is 1.52. The second-order valence-electron chi connectivity index (χ2n) is 4.58. The van der Waals surface area contributed by atoms with Gasteiger partial charge in [-0.15, -0.1) is 0 Å². The van der Waals surface area contributed by atoms with Crippen LogP contribution in [0.5, 0.6) is 0 Å². The van der Waals surface area contributed by atoms with Crippen LogP contribution in [0, 0.1) is 6.92 Å². The maximum absolute atomic E-state index is 2.28. The molecule has 0 radical (unpaired) electrons. The van der Waals surface area contributed by atoms with Crippen LogP contribution in [0.3, 0.4) is 0 Å². The van der Waals surface area contributed by atoms with Crippen molar-refractivity contribution in [2.24, 2.45) is 0 Å². The molecule has 2 heteroatoms. The number of hydrogen-bond acceptors (Lipinski definition) is 2. The average Bonchev–Trinajstić information content (AvgIpc) is 2.02. The summed E-state index contributed by atoms with van der Waals surface area (Å²) in [4.78, 5) is 1.31. The molecule has 0 spiro atoms. The summed E-state index contributed by atoms with van der Waals surface area (Å²) >= 11 is 1.80. The van der Waals surface area contributed by atoms with E-state index in [1.165, 1.54) is 10.5 Å². The van der Waals surface area contributed by atoms with Crippen molar-refractivity contribution in [1.82, 2.24) is 4.31 Å². The molecule has 0 aliphatic carbocycles. The van der Waals surface area contributed by atoms with Crippen molar-refractivity contribution in [3.8, 4) is 0 Å². The van der Waals surface area contributed by atoms with Gasteiger partial charge in [0.1, 0.15) is 0 Å². The largest absolute Gasteiger partial charge is 0.244 e. The van der Waals surface area contributed by atoms with Gasteiger partial charge in [0.2, 0.25) is 0 Å². The van der Waals surface area contributed by atoms with Crippen LogP contribution in [0.4, 0.5) is 0 Å². The summed E-state index contributed by atoms with van der Waals surface area (Å²) in [7, 11) is 2.13. The van der Waals surface area contributed by atoms with Gasteiger partial charge >= 0.3 is 0 Å². The van der Waals surface area contributed by atoms with Crippen molar-refractivity contribution in [2.45, 2.75) is 38.1 Å². The van der Waals surface area contributed by atoms with Crippen LogP contribution in [0.1, 0.15) is 26.3 Å². The quantitative estimate of drug-likeness (QED) is 0.683. The summed E-state index contributed by atoms with van der Waals surface area (Å²) in [6.45, 7) is 8.78. The lowest BCUT2D eigenvalue weighted by atomic mass is 10.1. The lowest BCUT2D eigenvalue weighted by Gasteiger charge is -2.30. The van der Waals surface area contributed by atoms with Gasteiger partial charge in [0, 0.05) is 10.4 Å². The van der Waals surface area contributed by atoms with E-state index in [9.17, 15) is 0 Å². The van der Waals surface area contributed by atoms with E-state index in [2.05, 4.69) is 63.3 Å². The Morgan fingerprint density at radius 1 is 1.21 bits per heavy atom. The fourth-order valence-corrected chi connectivity index (χ4v) is 1.94. The zero-order valence-electron chi connectivity index (χ0n) is 9.66. The van der Waals surface area contributed by atoms with Crippen LogP contribution in [0.2, 0.25) is 0 Å². The number of hydrogen-bond donors (Lipinski definition) is 0. The van der Waals surface area contributed by atoms with Gasteiger partial charge in [-0.25, -0.2) is 4.31 Å². The second-order valence-corrected chi connectivity index (χ2v) is 5.78. The van der Waals surface area contributed by atoms with Crippen molar-refractivity contribution < 1.29 is 0 Å². The topological polar surface area (TPSA) is 3.24 Å². The van der Waals surface area contributed by atoms with Gasteiger partial charge in [0.05, 0.1) is 0 Å². The van der Waals surface area contributed by atoms with Gasteiger partial charge < -0.3 is 0 Å². The molecule has 0 N–H and O–H groups in total. The number of nitrogens with zero attached hydrogens (tertiary/aromatic N) is 1. The highest BCUT2D eigenvalue weighted by Crippen LogP contribution is 2.28. The van der Waals surface area contributed by atoms with Gasteiger partial charge in [0.15, 0.2) is 0 Å². The van der Waals surface area contributed by atoms with E-state index < -0.39 is 0 Å². The van der Waals surface area contributed by atoms with E-state index in [0.29, 0.717) is 0 Å². The van der Waals surface area contributed by atoms with Crippen LogP contribution in [0.15, 0.2) is 29.2 Å². The molecule has 0 amide bonds. The van der Waals surface area contributed by atoms with Gasteiger partial charge in [-0.05, 0) is 64.4 Å². The highest BCUT2D eigenvalue weighted by atomic mass is 32.2. The third kappa shape index (κ3) is 3.35. The number of benzene rings is 1. The fourth-order valence-electron chi connectivity index (χ4n) is 0.967. The Kier molecular flexibility index (Phi) is 3.62. The number of rotatable bonds is 2. The molecular weight excluding hydrogens is 190 g/mol. The van der Waals surface area contributed by atoms with Crippen molar-refractivity contribution in [2.75, 3.05) is 7.05 Å². The molecule has 1 nitrogen and oxygen atoms in total. The molecule has 0 bridgehead atoms. The molecule has 0 aliphatic rings. The molecule has 0 saturated heterocycles. The molecule has 0 aliphatic heterocycles. The Labute approximate surface area is 91.6 Å². The molecule has 0 aromatic heterocycles. The van der Waals surface area contributed by atoms with Gasteiger partial charge in [-0.3, -0.25) is 0 Å². The first kappa shape index (κ1) is 11.6. The van der Waals surface area contributed by atoms with Crippen molar-refractivity contribution in [3.63, 3.8) is 0 Å². The van der Waals surface area contributed by atoms with Crippen LogP contribution >= 0.6 is 11.9 Å². The van der Waals surface area contributed by atoms with Crippen LogP contribution in [-0.4, -0.2) is 16.9 Å². The summed E-state index contributed by atoms with van der Waals surface area (Å²) in [6, 6.07) is 8.60. The third-order valence-corrected chi connectivity index (χ3v) is 3.46. The summed E-state index contributed by atoms with van der Waals surface area (Å²) in [6.07, 6.45) is 0. The Bertz CT molecular complexity index is 301. The predicted molar refractivity (Wildman–Crippen MR) is 64.6 cm³/mol. The molecule has 1 aromatic carbocycles. The van der Waals surface area contributed by atoms with Crippen molar-refractivity contribution >= 4 is 11.9 Å². The van der Waals surface area contributed by atoms with Crippen molar-refractivity contribution in [1.29, 1.82) is 0 Å². The molecule has 1 rings (SSSR count). The predicted octanol–water partition coefficient (Wildman–Crippen LogP) is 3.73. The highest BCUT2D eigenvalue weighted by molar-refractivity contribution is 7.97. The Balaban J connectivity index is 2.70. The molecule has 0 atom stereocenters. The van der Waals surface area contributed by atoms with Crippen LogP contribution in [-0.2, 0) is 0 Å². The van der Waals surface area contributed by atoms with Crippen molar-refractivity contribution in [3.05, 3.63) is 29.8 Å². The van der Waals surface area contributed by atoms with E-state index in [4.69, 9.17) is 0 Å². The zero-order valence-corrected chi connectivity index (χ0v) is 10.5. The standard InChI is InChI=1S/C12H19NS/c1-10-7-6-8-11(9-10)14-13(5)12(2,3)4/h6-9H,1-5H3. The molecule has 0 saturated carbocycles. The molecule has 78 valence electrons. The summed E-state index contributed by atoms with van der Waals surface area (Å²) < 4.78 is 2.28. The van der Waals surface area contributed by atoms with Gasteiger partial charge in [-0.2, -0.15) is 0 Å². The SMILES string of the molecule is Cc1cccc(SN(C)C(C)(C)C)c1. The second kappa shape index (κ2) is 4.37. The summed E-state index contributed by atoms with van der Waals surface area (Å²) in [5, 5.41) is 0. The van der Waals surface area contributed by atoms with E-state index >= 15 is 0 Å². The minimum absolute atomic E-state index is 0.203. The van der Waals surface area contributed by atoms with Gasteiger partial charge in [-0.1, -0.05) is 12.1 Å². The molecule has 14 heavy (non-hydrogen) atoms. The van der Waals surface area contributed by atoms with Crippen LogP contribution < -0.4 is 0 Å². The summed E-state index contributed by atoms with van der Waals surface area (Å²) in [5.74, 6) is 0. The number of aryl methyl sites for hydroxylation is 1. The lowest BCUT2D eigenvalue weighted by Crippen LogP contribution is -2.32. The maximum atomic E-state index is 2.28. The monoisotopic (exact) mass is 209 g/mol. The Morgan fingerprint density at radius 2 is 1.86 bits per heavy atom. The van der Waals surface area contributed by atoms with Gasteiger partial charge in [0.25, 0.3) is 0 Å². The molecule has 0 heterocycles. The average molecular weight is 209 g/mol.